The van der Waals surface area contributed by atoms with Crippen molar-refractivity contribution in [2.45, 2.75) is 19.3 Å². The molecule has 1 heteroatoms. The zero-order valence-corrected chi connectivity index (χ0v) is 7.14. The lowest BCUT2D eigenvalue weighted by Gasteiger charge is -2.04. The van der Waals surface area contributed by atoms with Crippen molar-refractivity contribution in [3.63, 3.8) is 0 Å². The average Bonchev–Trinajstić information content (AvgIpc) is 2.71. The van der Waals surface area contributed by atoms with E-state index in [4.69, 9.17) is 11.6 Å². The third-order valence-electron chi connectivity index (χ3n) is 2.03. The van der Waals surface area contributed by atoms with Crippen molar-refractivity contribution in [2.75, 3.05) is 0 Å². The van der Waals surface area contributed by atoms with Crippen LogP contribution in [-0.4, -0.2) is 0 Å². The highest BCUT2D eigenvalue weighted by molar-refractivity contribution is 6.30. The summed E-state index contributed by atoms with van der Waals surface area (Å²) in [4.78, 5) is 0. The van der Waals surface area contributed by atoms with Gasteiger partial charge < -0.3 is 0 Å². The van der Waals surface area contributed by atoms with Crippen molar-refractivity contribution in [1.82, 2.24) is 0 Å². The van der Waals surface area contributed by atoms with Crippen LogP contribution in [-0.2, 0) is 0 Å². The molecular formula is C10H11Cl. The van der Waals surface area contributed by atoms with Gasteiger partial charge in [-0.15, -0.1) is 0 Å². The minimum Gasteiger partial charge on any atom is -0.0888 e. The lowest BCUT2D eigenvalue weighted by atomic mass is 10.1. The highest BCUT2D eigenvalue weighted by atomic mass is 35.5. The van der Waals surface area contributed by atoms with Crippen LogP contribution in [0.1, 0.15) is 19.3 Å². The number of halogens is 1. The summed E-state index contributed by atoms with van der Waals surface area (Å²) < 4.78 is 0. The molecule has 0 amide bonds. The normalized spacial score (nSPS) is 27.4. The van der Waals surface area contributed by atoms with Crippen LogP contribution in [0.15, 0.2) is 34.9 Å². The smallest absolute Gasteiger partial charge is 0.0224 e. The fourth-order valence-corrected chi connectivity index (χ4v) is 1.50. The van der Waals surface area contributed by atoms with Gasteiger partial charge in [-0.05, 0) is 30.4 Å². The van der Waals surface area contributed by atoms with E-state index in [-0.39, 0.29) is 0 Å². The van der Waals surface area contributed by atoms with Crippen molar-refractivity contribution >= 4 is 11.6 Å². The van der Waals surface area contributed by atoms with Crippen LogP contribution in [0.5, 0.6) is 0 Å². The van der Waals surface area contributed by atoms with E-state index in [0.29, 0.717) is 0 Å². The maximum absolute atomic E-state index is 5.88. The molecule has 0 N–H and O–H groups in total. The summed E-state index contributed by atoms with van der Waals surface area (Å²) in [5.74, 6) is 0.859. The summed E-state index contributed by atoms with van der Waals surface area (Å²) in [6.07, 6.45) is 12.2. The van der Waals surface area contributed by atoms with Gasteiger partial charge in [0.1, 0.15) is 0 Å². The van der Waals surface area contributed by atoms with Crippen LogP contribution in [0, 0.1) is 5.92 Å². The highest BCUT2D eigenvalue weighted by Gasteiger charge is 2.18. The molecule has 0 atom stereocenters. The molecule has 0 aliphatic heterocycles. The third kappa shape index (κ3) is 1.97. The Kier molecular flexibility index (Phi) is 1.87. The standard InChI is InChI=1S/C10H11Cl/c11-10-3-1-2-9(7-10)6-8-4-5-8/h1-3,6,8H,4-5,7H2. The Bertz CT molecular complexity index is 242. The number of rotatable bonds is 1. The minimum atomic E-state index is 0.859. The Morgan fingerprint density at radius 2 is 2.27 bits per heavy atom. The van der Waals surface area contributed by atoms with Crippen LogP contribution in [0.25, 0.3) is 0 Å². The molecule has 0 heterocycles. The van der Waals surface area contributed by atoms with Gasteiger partial charge in [-0.25, -0.2) is 0 Å². The van der Waals surface area contributed by atoms with E-state index >= 15 is 0 Å². The van der Waals surface area contributed by atoms with E-state index in [2.05, 4.69) is 12.2 Å². The van der Waals surface area contributed by atoms with Gasteiger partial charge in [0.15, 0.2) is 0 Å². The van der Waals surface area contributed by atoms with Gasteiger partial charge in [-0.1, -0.05) is 29.8 Å². The molecule has 0 saturated heterocycles. The number of allylic oxidation sites excluding steroid dienone is 6. The molecule has 0 spiro atoms. The predicted molar refractivity (Wildman–Crippen MR) is 48.5 cm³/mol. The van der Waals surface area contributed by atoms with Crippen molar-refractivity contribution in [3.8, 4) is 0 Å². The number of hydrogen-bond donors (Lipinski definition) is 0. The highest BCUT2D eigenvalue weighted by Crippen LogP contribution is 2.33. The van der Waals surface area contributed by atoms with E-state index in [0.717, 1.165) is 17.4 Å². The monoisotopic (exact) mass is 166 g/mol. The fourth-order valence-electron chi connectivity index (χ4n) is 1.27. The van der Waals surface area contributed by atoms with Gasteiger partial charge in [0.05, 0.1) is 0 Å². The summed E-state index contributed by atoms with van der Waals surface area (Å²) >= 11 is 5.88. The molecule has 1 fully saturated rings. The average molecular weight is 167 g/mol. The largest absolute Gasteiger partial charge is 0.0888 e. The number of hydrogen-bond acceptors (Lipinski definition) is 0. The first-order valence-electron chi connectivity index (χ1n) is 4.08. The zero-order chi connectivity index (χ0) is 7.68. The summed E-state index contributed by atoms with van der Waals surface area (Å²) in [7, 11) is 0. The van der Waals surface area contributed by atoms with E-state index < -0.39 is 0 Å². The maximum Gasteiger partial charge on any atom is 0.0224 e. The Labute approximate surface area is 72.2 Å². The van der Waals surface area contributed by atoms with Gasteiger partial charge in [0.25, 0.3) is 0 Å². The van der Waals surface area contributed by atoms with Gasteiger partial charge in [-0.3, -0.25) is 0 Å². The summed E-state index contributed by atoms with van der Waals surface area (Å²) in [5, 5.41) is 0.958. The van der Waals surface area contributed by atoms with Crippen molar-refractivity contribution < 1.29 is 0 Å². The van der Waals surface area contributed by atoms with Gasteiger partial charge in [-0.2, -0.15) is 0 Å². The molecule has 0 unspecified atom stereocenters. The molecular weight excluding hydrogens is 156 g/mol. The Morgan fingerprint density at radius 1 is 1.45 bits per heavy atom. The zero-order valence-electron chi connectivity index (χ0n) is 6.39. The predicted octanol–water partition coefficient (Wildman–Crippen LogP) is 3.41. The topological polar surface area (TPSA) is 0 Å². The Morgan fingerprint density at radius 3 is 2.91 bits per heavy atom. The molecule has 2 rings (SSSR count). The molecule has 58 valence electrons. The summed E-state index contributed by atoms with van der Waals surface area (Å²) in [6, 6.07) is 0. The molecule has 2 aliphatic rings. The minimum absolute atomic E-state index is 0.859. The SMILES string of the molecule is ClC1=CC=CC(=CC2CC2)C1. The lowest BCUT2D eigenvalue weighted by molar-refractivity contribution is 1.07. The molecule has 1 saturated carbocycles. The van der Waals surface area contributed by atoms with E-state index in [1.165, 1.54) is 18.4 Å². The van der Waals surface area contributed by atoms with Crippen molar-refractivity contribution in [3.05, 3.63) is 34.9 Å². The van der Waals surface area contributed by atoms with Crippen LogP contribution in [0.4, 0.5) is 0 Å². The van der Waals surface area contributed by atoms with E-state index in [9.17, 15) is 0 Å². The molecule has 0 radical (unpaired) electrons. The van der Waals surface area contributed by atoms with Gasteiger partial charge >= 0.3 is 0 Å². The Hall–Kier alpha value is -0.490. The summed E-state index contributed by atoms with van der Waals surface area (Å²) in [6.45, 7) is 0. The van der Waals surface area contributed by atoms with Gasteiger partial charge in [0.2, 0.25) is 0 Å². The second-order valence-corrected chi connectivity index (χ2v) is 3.71. The quantitative estimate of drug-likeness (QED) is 0.560. The molecule has 0 nitrogen and oxygen atoms in total. The maximum atomic E-state index is 5.88. The molecule has 2 aliphatic carbocycles. The van der Waals surface area contributed by atoms with Crippen LogP contribution < -0.4 is 0 Å². The van der Waals surface area contributed by atoms with Crippen LogP contribution >= 0.6 is 11.6 Å². The second kappa shape index (κ2) is 2.86. The van der Waals surface area contributed by atoms with E-state index in [1.807, 2.05) is 12.2 Å². The molecule has 0 aromatic heterocycles. The second-order valence-electron chi connectivity index (χ2n) is 3.23. The fraction of sp³-hybridized carbons (Fsp3) is 0.400. The van der Waals surface area contributed by atoms with Gasteiger partial charge in [0, 0.05) is 11.5 Å². The van der Waals surface area contributed by atoms with Crippen LogP contribution in [0.3, 0.4) is 0 Å². The Balaban J connectivity index is 2.06. The first-order chi connectivity index (χ1) is 5.34. The molecule has 0 aromatic rings. The lowest BCUT2D eigenvalue weighted by Crippen LogP contribution is -1.85. The molecule has 0 aromatic carbocycles. The molecule has 0 bridgehead atoms. The van der Waals surface area contributed by atoms with Crippen molar-refractivity contribution in [2.24, 2.45) is 5.92 Å². The van der Waals surface area contributed by atoms with Crippen molar-refractivity contribution in [1.29, 1.82) is 0 Å². The van der Waals surface area contributed by atoms with Crippen LogP contribution in [0.2, 0.25) is 0 Å². The summed E-state index contributed by atoms with van der Waals surface area (Å²) in [5.41, 5.74) is 1.39. The third-order valence-corrected chi connectivity index (χ3v) is 2.29. The first-order valence-corrected chi connectivity index (χ1v) is 4.46. The first kappa shape index (κ1) is 7.17. The molecule has 11 heavy (non-hydrogen) atoms. The van der Waals surface area contributed by atoms with E-state index in [1.54, 1.807) is 0 Å².